The van der Waals surface area contributed by atoms with Gasteiger partial charge >= 0.3 is 0 Å². The third-order valence-corrected chi connectivity index (χ3v) is 3.06. The molecule has 0 spiro atoms. The molecule has 90 valence electrons. The second-order valence-electron chi connectivity index (χ2n) is 3.84. The summed E-state index contributed by atoms with van der Waals surface area (Å²) in [6, 6.07) is 1.70. The van der Waals surface area contributed by atoms with Crippen molar-refractivity contribution in [2.24, 2.45) is 5.73 Å². The monoisotopic (exact) mass is 250 g/mol. The Kier molecular flexibility index (Phi) is 3.76. The molecule has 0 amide bonds. The van der Waals surface area contributed by atoms with E-state index in [-0.39, 0.29) is 6.04 Å². The Morgan fingerprint density at radius 2 is 2.29 bits per heavy atom. The van der Waals surface area contributed by atoms with Crippen LogP contribution in [0.5, 0.6) is 0 Å². The van der Waals surface area contributed by atoms with Gasteiger partial charge in [0.1, 0.15) is 5.82 Å². The summed E-state index contributed by atoms with van der Waals surface area (Å²) in [7, 11) is 0. The van der Waals surface area contributed by atoms with Crippen molar-refractivity contribution in [2.75, 3.05) is 0 Å². The van der Waals surface area contributed by atoms with E-state index in [1.165, 1.54) is 0 Å². The predicted molar refractivity (Wildman–Crippen MR) is 67.8 cm³/mol. The average molecular weight is 251 g/mol. The summed E-state index contributed by atoms with van der Waals surface area (Å²) < 4.78 is 2.08. The normalized spacial score (nSPS) is 12.6. The summed E-state index contributed by atoms with van der Waals surface area (Å²) in [6.07, 6.45) is 7.73. The lowest BCUT2D eigenvalue weighted by molar-refractivity contribution is 0.628. The summed E-state index contributed by atoms with van der Waals surface area (Å²) in [4.78, 5) is 8.26. The van der Waals surface area contributed by atoms with Crippen LogP contribution in [0, 0.1) is 0 Å². The van der Waals surface area contributed by atoms with Crippen molar-refractivity contribution in [3.63, 3.8) is 0 Å². The Hall–Kier alpha value is -1.39. The van der Waals surface area contributed by atoms with E-state index in [9.17, 15) is 0 Å². The summed E-state index contributed by atoms with van der Waals surface area (Å²) >= 11 is 6.06. The number of halogens is 1. The molecule has 0 radical (unpaired) electrons. The highest BCUT2D eigenvalue weighted by Crippen LogP contribution is 2.22. The number of nitrogens with zero attached hydrogens (tertiary/aromatic N) is 3. The van der Waals surface area contributed by atoms with Gasteiger partial charge in [0.25, 0.3) is 0 Å². The van der Waals surface area contributed by atoms with Crippen LogP contribution in [0.4, 0.5) is 0 Å². The lowest BCUT2D eigenvalue weighted by Gasteiger charge is -2.13. The first-order valence-electron chi connectivity index (χ1n) is 5.57. The minimum Gasteiger partial charge on any atom is -0.335 e. The molecule has 0 fully saturated rings. The van der Waals surface area contributed by atoms with Crippen LogP contribution >= 0.6 is 11.6 Å². The molecule has 0 aliphatic carbocycles. The van der Waals surface area contributed by atoms with Crippen LogP contribution in [0.15, 0.2) is 30.9 Å². The van der Waals surface area contributed by atoms with E-state index in [2.05, 4.69) is 21.5 Å². The highest BCUT2D eigenvalue weighted by Gasteiger charge is 2.13. The number of nitrogens with two attached hydrogens (primary N) is 1. The van der Waals surface area contributed by atoms with Crippen LogP contribution < -0.4 is 5.73 Å². The molecule has 0 bridgehead atoms. The first-order chi connectivity index (χ1) is 8.22. The minimum absolute atomic E-state index is 0.154. The molecule has 2 rings (SSSR count). The van der Waals surface area contributed by atoms with E-state index < -0.39 is 0 Å². The quantitative estimate of drug-likeness (QED) is 0.905. The molecule has 2 heterocycles. The zero-order chi connectivity index (χ0) is 12.3. The fraction of sp³-hybridized carbons (Fsp3) is 0.333. The maximum Gasteiger partial charge on any atom is 0.110 e. The molecule has 0 saturated heterocycles. The standard InChI is InChI=1S/C12H15ClN4/c1-2-17-6-5-16-12(17)7-11(14)9-3-4-15-8-10(9)13/h3-6,8,11H,2,7,14H2,1H3. The van der Waals surface area contributed by atoms with Crippen molar-refractivity contribution in [2.45, 2.75) is 25.9 Å². The molecule has 17 heavy (non-hydrogen) atoms. The van der Waals surface area contributed by atoms with E-state index in [4.69, 9.17) is 17.3 Å². The zero-order valence-corrected chi connectivity index (χ0v) is 10.4. The second kappa shape index (κ2) is 5.29. The molecule has 2 N–H and O–H groups in total. The number of hydrogen-bond donors (Lipinski definition) is 1. The lowest BCUT2D eigenvalue weighted by Crippen LogP contribution is -2.16. The Bertz CT molecular complexity index is 495. The molecule has 2 aromatic rings. The summed E-state index contributed by atoms with van der Waals surface area (Å²) in [5.41, 5.74) is 7.05. The Labute approximate surface area is 105 Å². The zero-order valence-electron chi connectivity index (χ0n) is 9.68. The van der Waals surface area contributed by atoms with E-state index in [0.717, 1.165) is 17.9 Å². The minimum atomic E-state index is -0.154. The Morgan fingerprint density at radius 1 is 1.47 bits per heavy atom. The van der Waals surface area contributed by atoms with Gasteiger partial charge in [0, 0.05) is 43.8 Å². The molecule has 0 saturated carbocycles. The molecule has 0 aromatic carbocycles. The molecule has 0 aliphatic heterocycles. The van der Waals surface area contributed by atoms with Crippen LogP contribution in [0.1, 0.15) is 24.4 Å². The van der Waals surface area contributed by atoms with Gasteiger partial charge in [-0.05, 0) is 18.6 Å². The molecular weight excluding hydrogens is 236 g/mol. The fourth-order valence-corrected chi connectivity index (χ4v) is 2.07. The first-order valence-corrected chi connectivity index (χ1v) is 5.95. The van der Waals surface area contributed by atoms with Crippen molar-refractivity contribution in [1.29, 1.82) is 0 Å². The Balaban J connectivity index is 2.17. The number of aryl methyl sites for hydroxylation is 1. The van der Waals surface area contributed by atoms with Crippen molar-refractivity contribution < 1.29 is 0 Å². The highest BCUT2D eigenvalue weighted by molar-refractivity contribution is 6.31. The van der Waals surface area contributed by atoms with Gasteiger partial charge in [-0.3, -0.25) is 4.98 Å². The van der Waals surface area contributed by atoms with Crippen LogP contribution in [0.3, 0.4) is 0 Å². The van der Waals surface area contributed by atoms with Crippen LogP contribution in [-0.4, -0.2) is 14.5 Å². The SMILES string of the molecule is CCn1ccnc1CC(N)c1ccncc1Cl. The van der Waals surface area contributed by atoms with Gasteiger partial charge in [0.05, 0.1) is 5.02 Å². The molecule has 0 aliphatic rings. The van der Waals surface area contributed by atoms with Crippen molar-refractivity contribution >= 4 is 11.6 Å². The second-order valence-corrected chi connectivity index (χ2v) is 4.24. The van der Waals surface area contributed by atoms with Gasteiger partial charge in [0.15, 0.2) is 0 Å². The van der Waals surface area contributed by atoms with Crippen LogP contribution in [-0.2, 0) is 13.0 Å². The maximum atomic E-state index is 6.15. The van der Waals surface area contributed by atoms with Gasteiger partial charge < -0.3 is 10.3 Å². The third kappa shape index (κ3) is 2.65. The first kappa shape index (κ1) is 12.1. The number of rotatable bonds is 4. The average Bonchev–Trinajstić information content (AvgIpc) is 2.76. The van der Waals surface area contributed by atoms with E-state index in [1.807, 2.05) is 12.3 Å². The largest absolute Gasteiger partial charge is 0.335 e. The van der Waals surface area contributed by atoms with E-state index in [0.29, 0.717) is 11.4 Å². The van der Waals surface area contributed by atoms with Gasteiger partial charge in [-0.15, -0.1) is 0 Å². The topological polar surface area (TPSA) is 56.7 Å². The number of hydrogen-bond acceptors (Lipinski definition) is 3. The summed E-state index contributed by atoms with van der Waals surface area (Å²) in [5, 5.41) is 0.606. The molecule has 1 unspecified atom stereocenters. The van der Waals surface area contributed by atoms with Crippen molar-refractivity contribution in [3.05, 3.63) is 47.3 Å². The van der Waals surface area contributed by atoms with Gasteiger partial charge in [-0.1, -0.05) is 11.6 Å². The lowest BCUT2D eigenvalue weighted by atomic mass is 10.1. The summed E-state index contributed by atoms with van der Waals surface area (Å²) in [5.74, 6) is 0.980. The third-order valence-electron chi connectivity index (χ3n) is 2.75. The smallest absolute Gasteiger partial charge is 0.110 e. The van der Waals surface area contributed by atoms with Crippen LogP contribution in [0.25, 0.3) is 0 Å². The number of aromatic nitrogens is 3. The van der Waals surface area contributed by atoms with Gasteiger partial charge in [0.2, 0.25) is 0 Å². The van der Waals surface area contributed by atoms with Crippen molar-refractivity contribution in [3.8, 4) is 0 Å². The molecular formula is C12H15ClN4. The van der Waals surface area contributed by atoms with E-state index >= 15 is 0 Å². The number of imidazole rings is 1. The van der Waals surface area contributed by atoms with E-state index in [1.54, 1.807) is 18.6 Å². The molecule has 2 aromatic heterocycles. The maximum absolute atomic E-state index is 6.15. The molecule has 4 nitrogen and oxygen atoms in total. The predicted octanol–water partition coefficient (Wildman–Crippen LogP) is 2.19. The van der Waals surface area contributed by atoms with Gasteiger partial charge in [-0.2, -0.15) is 0 Å². The fourth-order valence-electron chi connectivity index (χ4n) is 1.81. The van der Waals surface area contributed by atoms with Gasteiger partial charge in [-0.25, -0.2) is 4.98 Å². The van der Waals surface area contributed by atoms with Crippen LogP contribution in [0.2, 0.25) is 5.02 Å². The summed E-state index contributed by atoms with van der Waals surface area (Å²) in [6.45, 7) is 2.97. The molecule has 1 atom stereocenters. The highest BCUT2D eigenvalue weighted by atomic mass is 35.5. The Morgan fingerprint density at radius 3 is 3.00 bits per heavy atom. The number of pyridine rings is 1. The molecule has 5 heteroatoms. The van der Waals surface area contributed by atoms with Crippen molar-refractivity contribution in [1.82, 2.24) is 14.5 Å².